The SMILES string of the molecule is CCOc1c(N)cccc1C(=O)N[C@H](C)c1ccccc1. The first-order valence-corrected chi connectivity index (χ1v) is 7.00. The van der Waals surface area contributed by atoms with Crippen LogP contribution in [0.15, 0.2) is 48.5 Å². The lowest BCUT2D eigenvalue weighted by molar-refractivity contribution is 0.0936. The highest BCUT2D eigenvalue weighted by Gasteiger charge is 2.17. The van der Waals surface area contributed by atoms with Gasteiger partial charge in [-0.2, -0.15) is 0 Å². The highest BCUT2D eigenvalue weighted by atomic mass is 16.5. The fraction of sp³-hybridized carbons (Fsp3) is 0.235. The third-order valence-electron chi connectivity index (χ3n) is 3.23. The molecule has 4 nitrogen and oxygen atoms in total. The zero-order valence-corrected chi connectivity index (χ0v) is 12.3. The van der Waals surface area contributed by atoms with Crippen LogP contribution in [0.3, 0.4) is 0 Å². The van der Waals surface area contributed by atoms with Crippen molar-refractivity contribution in [1.82, 2.24) is 5.32 Å². The van der Waals surface area contributed by atoms with Crippen LogP contribution in [-0.4, -0.2) is 12.5 Å². The maximum atomic E-state index is 12.4. The van der Waals surface area contributed by atoms with Crippen molar-refractivity contribution < 1.29 is 9.53 Å². The van der Waals surface area contributed by atoms with E-state index in [0.717, 1.165) is 5.56 Å². The molecule has 1 amide bonds. The highest BCUT2D eigenvalue weighted by Crippen LogP contribution is 2.27. The molecule has 0 radical (unpaired) electrons. The number of nitrogens with two attached hydrogens (primary N) is 1. The summed E-state index contributed by atoms with van der Waals surface area (Å²) >= 11 is 0. The van der Waals surface area contributed by atoms with Gasteiger partial charge in [-0.3, -0.25) is 4.79 Å². The number of hydrogen-bond acceptors (Lipinski definition) is 3. The molecule has 1 atom stereocenters. The van der Waals surface area contributed by atoms with Gasteiger partial charge in [0.2, 0.25) is 0 Å². The number of benzene rings is 2. The maximum absolute atomic E-state index is 12.4. The molecule has 110 valence electrons. The Morgan fingerprint density at radius 3 is 2.57 bits per heavy atom. The molecule has 0 saturated heterocycles. The summed E-state index contributed by atoms with van der Waals surface area (Å²) in [4.78, 5) is 12.4. The van der Waals surface area contributed by atoms with E-state index >= 15 is 0 Å². The molecule has 21 heavy (non-hydrogen) atoms. The van der Waals surface area contributed by atoms with Crippen molar-refractivity contribution in [3.8, 4) is 5.75 Å². The summed E-state index contributed by atoms with van der Waals surface area (Å²) in [5.41, 5.74) is 7.86. The average Bonchev–Trinajstić information content (AvgIpc) is 2.50. The van der Waals surface area contributed by atoms with Crippen LogP contribution in [0.4, 0.5) is 5.69 Å². The lowest BCUT2D eigenvalue weighted by Crippen LogP contribution is -2.27. The zero-order chi connectivity index (χ0) is 15.2. The number of rotatable bonds is 5. The predicted octanol–water partition coefficient (Wildman–Crippen LogP) is 3.16. The number of amides is 1. The van der Waals surface area contributed by atoms with E-state index in [1.807, 2.05) is 44.2 Å². The number of anilines is 1. The van der Waals surface area contributed by atoms with E-state index in [1.165, 1.54) is 0 Å². The lowest BCUT2D eigenvalue weighted by Gasteiger charge is -2.17. The van der Waals surface area contributed by atoms with E-state index < -0.39 is 0 Å². The van der Waals surface area contributed by atoms with E-state index in [4.69, 9.17) is 10.5 Å². The molecule has 3 N–H and O–H groups in total. The summed E-state index contributed by atoms with van der Waals surface area (Å²) < 4.78 is 5.49. The Morgan fingerprint density at radius 1 is 1.19 bits per heavy atom. The number of nitrogens with one attached hydrogen (secondary N) is 1. The smallest absolute Gasteiger partial charge is 0.255 e. The first-order valence-electron chi connectivity index (χ1n) is 7.00. The van der Waals surface area contributed by atoms with Crippen molar-refractivity contribution in [3.63, 3.8) is 0 Å². The van der Waals surface area contributed by atoms with Crippen molar-refractivity contribution in [1.29, 1.82) is 0 Å². The first-order chi connectivity index (χ1) is 10.1. The molecule has 2 aromatic rings. The molecular weight excluding hydrogens is 264 g/mol. The van der Waals surface area contributed by atoms with Crippen molar-refractivity contribution in [2.24, 2.45) is 0 Å². The Kier molecular flexibility index (Phi) is 4.82. The van der Waals surface area contributed by atoms with E-state index in [2.05, 4.69) is 5.32 Å². The van der Waals surface area contributed by atoms with Crippen molar-refractivity contribution >= 4 is 11.6 Å². The Hall–Kier alpha value is -2.49. The second kappa shape index (κ2) is 6.79. The fourth-order valence-corrected chi connectivity index (χ4v) is 2.14. The maximum Gasteiger partial charge on any atom is 0.255 e. The van der Waals surface area contributed by atoms with Crippen LogP contribution < -0.4 is 15.8 Å². The van der Waals surface area contributed by atoms with Gasteiger partial charge >= 0.3 is 0 Å². The minimum Gasteiger partial charge on any atom is -0.491 e. The minimum atomic E-state index is -0.192. The third kappa shape index (κ3) is 3.54. The van der Waals surface area contributed by atoms with Gasteiger partial charge < -0.3 is 15.8 Å². The number of nitrogen functional groups attached to an aromatic ring is 1. The summed E-state index contributed by atoms with van der Waals surface area (Å²) in [5.74, 6) is 0.250. The quantitative estimate of drug-likeness (QED) is 0.829. The average molecular weight is 284 g/mol. The van der Waals surface area contributed by atoms with Gasteiger partial charge in [0.1, 0.15) is 0 Å². The van der Waals surface area contributed by atoms with Crippen LogP contribution in [0.2, 0.25) is 0 Å². The number of para-hydroxylation sites is 1. The summed E-state index contributed by atoms with van der Waals surface area (Å²) in [6.07, 6.45) is 0. The fourth-order valence-electron chi connectivity index (χ4n) is 2.14. The van der Waals surface area contributed by atoms with E-state index in [-0.39, 0.29) is 11.9 Å². The summed E-state index contributed by atoms with van der Waals surface area (Å²) in [5, 5.41) is 2.96. The van der Waals surface area contributed by atoms with Crippen LogP contribution in [0, 0.1) is 0 Å². The first kappa shape index (κ1) is 14.9. The van der Waals surface area contributed by atoms with Crippen molar-refractivity contribution in [2.75, 3.05) is 12.3 Å². The molecule has 2 aromatic carbocycles. The van der Waals surface area contributed by atoms with Crippen LogP contribution in [0.25, 0.3) is 0 Å². The summed E-state index contributed by atoms with van der Waals surface area (Å²) in [6, 6.07) is 14.9. The largest absolute Gasteiger partial charge is 0.491 e. The lowest BCUT2D eigenvalue weighted by atomic mass is 10.1. The molecule has 0 spiro atoms. The van der Waals surface area contributed by atoms with E-state index in [1.54, 1.807) is 18.2 Å². The van der Waals surface area contributed by atoms with Crippen LogP contribution in [0.5, 0.6) is 5.75 Å². The van der Waals surface area contributed by atoms with Gasteiger partial charge in [0, 0.05) is 0 Å². The van der Waals surface area contributed by atoms with Gasteiger partial charge in [-0.25, -0.2) is 0 Å². The van der Waals surface area contributed by atoms with E-state index in [9.17, 15) is 4.79 Å². The van der Waals surface area contributed by atoms with Crippen LogP contribution in [0.1, 0.15) is 35.8 Å². The summed E-state index contributed by atoms with van der Waals surface area (Å²) in [6.45, 7) is 4.27. The Morgan fingerprint density at radius 2 is 1.90 bits per heavy atom. The van der Waals surface area contributed by atoms with E-state index in [0.29, 0.717) is 23.6 Å². The molecule has 0 aliphatic rings. The molecule has 2 rings (SSSR count). The standard InChI is InChI=1S/C17H20N2O2/c1-3-21-16-14(10-7-11-15(16)18)17(20)19-12(2)13-8-5-4-6-9-13/h4-12H,3,18H2,1-2H3,(H,19,20)/t12-/m1/s1. The molecular formula is C17H20N2O2. The normalized spacial score (nSPS) is 11.7. The molecule has 0 aliphatic heterocycles. The molecule has 0 aliphatic carbocycles. The van der Waals surface area contributed by atoms with Gasteiger partial charge in [0.15, 0.2) is 5.75 Å². The molecule has 0 aromatic heterocycles. The molecule has 4 heteroatoms. The Bertz CT molecular complexity index is 611. The molecule has 0 bridgehead atoms. The van der Waals surface area contributed by atoms with Crippen molar-refractivity contribution in [2.45, 2.75) is 19.9 Å². The van der Waals surface area contributed by atoms with Gasteiger partial charge in [-0.05, 0) is 31.5 Å². The second-order valence-corrected chi connectivity index (χ2v) is 4.76. The molecule has 0 unspecified atom stereocenters. The second-order valence-electron chi connectivity index (χ2n) is 4.76. The van der Waals surface area contributed by atoms with Crippen LogP contribution in [-0.2, 0) is 0 Å². The number of hydrogen-bond donors (Lipinski definition) is 2. The molecule has 0 saturated carbocycles. The zero-order valence-electron chi connectivity index (χ0n) is 12.3. The highest BCUT2D eigenvalue weighted by molar-refractivity contribution is 5.98. The topological polar surface area (TPSA) is 64.3 Å². The third-order valence-corrected chi connectivity index (χ3v) is 3.23. The Balaban J connectivity index is 2.19. The number of ether oxygens (including phenoxy) is 1. The summed E-state index contributed by atoms with van der Waals surface area (Å²) in [7, 11) is 0. The van der Waals surface area contributed by atoms with Gasteiger partial charge in [0.05, 0.1) is 23.9 Å². The Labute approximate surface area is 124 Å². The van der Waals surface area contributed by atoms with Gasteiger partial charge in [0.25, 0.3) is 5.91 Å². The number of carbonyl (C=O) groups is 1. The number of carbonyl (C=O) groups excluding carboxylic acids is 1. The van der Waals surface area contributed by atoms with Gasteiger partial charge in [-0.15, -0.1) is 0 Å². The monoisotopic (exact) mass is 284 g/mol. The van der Waals surface area contributed by atoms with Crippen LogP contribution >= 0.6 is 0 Å². The minimum absolute atomic E-state index is 0.0883. The predicted molar refractivity (Wildman–Crippen MR) is 84.3 cm³/mol. The van der Waals surface area contributed by atoms with Gasteiger partial charge in [-0.1, -0.05) is 36.4 Å². The molecule has 0 heterocycles. The van der Waals surface area contributed by atoms with Crippen molar-refractivity contribution in [3.05, 3.63) is 59.7 Å². The molecule has 0 fully saturated rings.